The second-order valence-electron chi connectivity index (χ2n) is 2.57. The Morgan fingerprint density at radius 3 is 2.80 bits per heavy atom. The first-order chi connectivity index (χ1) is 7.13. The van der Waals surface area contributed by atoms with Crippen molar-refractivity contribution in [3.63, 3.8) is 0 Å². The first kappa shape index (κ1) is 12.2. The fraction of sp³-hybridized carbons (Fsp3) is 0.100. The van der Waals surface area contributed by atoms with Gasteiger partial charge in [0.25, 0.3) is 0 Å². The maximum absolute atomic E-state index is 6.98. The van der Waals surface area contributed by atoms with Crippen LogP contribution in [0, 0.1) is 6.07 Å². The minimum absolute atomic E-state index is 0.155. The van der Waals surface area contributed by atoms with Gasteiger partial charge in [-0.15, -0.1) is 0 Å². The van der Waals surface area contributed by atoms with Gasteiger partial charge in [0, 0.05) is 6.07 Å². The number of hydrogen-bond donors (Lipinski definition) is 1. The van der Waals surface area contributed by atoms with Crippen LogP contribution in [0.15, 0.2) is 28.8 Å². The minimum Gasteiger partial charge on any atom is -0.489 e. The molecule has 0 amide bonds. The maximum Gasteiger partial charge on any atom is 0.310 e. The summed E-state index contributed by atoms with van der Waals surface area (Å²) in [5, 5.41) is 7.44. The second kappa shape index (κ2) is 5.87. The summed E-state index contributed by atoms with van der Waals surface area (Å²) in [6, 6.07) is 7.15. The zero-order valence-corrected chi connectivity index (χ0v) is 9.83. The molecule has 0 heterocycles. The number of halogens is 3. The maximum atomic E-state index is 6.98. The molecule has 1 N–H and O–H groups in total. The van der Waals surface area contributed by atoms with Crippen molar-refractivity contribution in [2.45, 2.75) is 0 Å². The van der Waals surface area contributed by atoms with Gasteiger partial charge in [-0.3, -0.25) is 0 Å². The summed E-state index contributed by atoms with van der Waals surface area (Å²) in [4.78, 5) is 0. The van der Waals surface area contributed by atoms with Crippen molar-refractivity contribution in [3.05, 3.63) is 39.4 Å². The largest absolute Gasteiger partial charge is 0.489 e. The molecular weight excluding hydrogens is 256 g/mol. The zero-order valence-electron chi connectivity index (χ0n) is 7.56. The van der Waals surface area contributed by atoms with Gasteiger partial charge in [-0.05, 0) is 18.2 Å². The number of nitrogens with one attached hydrogen (secondary N) is 1. The smallest absolute Gasteiger partial charge is 0.310 e. The van der Waals surface area contributed by atoms with E-state index in [0.29, 0.717) is 16.3 Å². The molecule has 0 bridgehead atoms. The van der Waals surface area contributed by atoms with E-state index in [4.69, 9.17) is 44.8 Å². The summed E-state index contributed by atoms with van der Waals surface area (Å²) in [5.41, 5.74) is 0.482. The summed E-state index contributed by atoms with van der Waals surface area (Å²) in [7, 11) is 0. The first-order valence-corrected chi connectivity index (χ1v) is 5.13. The predicted octanol–water partition coefficient (Wildman–Crippen LogP) is 2.16. The molecule has 0 aliphatic carbocycles. The topological polar surface area (TPSA) is 33.0 Å². The Balaban J connectivity index is 2.72. The van der Waals surface area contributed by atoms with Gasteiger partial charge in [-0.2, -0.15) is 0 Å². The third-order valence-electron chi connectivity index (χ3n) is 1.56. The van der Waals surface area contributed by atoms with Crippen molar-refractivity contribution in [1.82, 2.24) is 0 Å². The molecule has 15 heavy (non-hydrogen) atoms. The molecule has 0 saturated carbocycles. The van der Waals surface area contributed by atoms with Crippen LogP contribution in [0.25, 0.3) is 0 Å². The van der Waals surface area contributed by atoms with Crippen LogP contribution >= 0.6 is 34.8 Å². The molecule has 0 spiro atoms. The van der Waals surface area contributed by atoms with E-state index in [1.807, 2.05) is 0 Å². The van der Waals surface area contributed by atoms with Crippen molar-refractivity contribution < 1.29 is 10.00 Å². The highest BCUT2D eigenvalue weighted by atomic mass is 35.5. The summed E-state index contributed by atoms with van der Waals surface area (Å²) in [6.45, 7) is 0.265. The minimum atomic E-state index is 0.155. The summed E-state index contributed by atoms with van der Waals surface area (Å²) >= 11 is 16.6. The van der Waals surface area contributed by atoms with E-state index in [1.54, 1.807) is 18.2 Å². The van der Waals surface area contributed by atoms with Crippen molar-refractivity contribution in [1.29, 1.82) is 0 Å². The van der Waals surface area contributed by atoms with E-state index < -0.39 is 0 Å². The Kier molecular flexibility index (Phi) is 4.77. The van der Waals surface area contributed by atoms with Crippen LogP contribution in [0.5, 0.6) is 5.75 Å². The average molecular weight is 264 g/mol. The molecule has 0 aliphatic heterocycles. The Labute approximate surface area is 103 Å². The molecular formula is C10H7Cl3NO+. The van der Waals surface area contributed by atoms with Gasteiger partial charge in [0.05, 0.1) is 5.02 Å². The molecule has 0 atom stereocenters. The Bertz CT molecular complexity index is 419. The van der Waals surface area contributed by atoms with E-state index in [1.165, 1.54) is 6.08 Å². The predicted molar refractivity (Wildman–Crippen MR) is 60.7 cm³/mol. The summed E-state index contributed by atoms with van der Waals surface area (Å²) < 4.78 is 5.44. The average Bonchev–Trinajstić information content (AvgIpc) is 2.20. The van der Waals surface area contributed by atoms with Gasteiger partial charge in [-0.25, -0.2) is 0 Å². The Morgan fingerprint density at radius 1 is 1.47 bits per heavy atom. The van der Waals surface area contributed by atoms with Crippen molar-refractivity contribution in [2.24, 2.45) is 0 Å². The van der Waals surface area contributed by atoms with E-state index in [2.05, 4.69) is 6.07 Å². The lowest BCUT2D eigenvalue weighted by Gasteiger charge is -2.03. The molecule has 1 rings (SSSR count). The summed E-state index contributed by atoms with van der Waals surface area (Å²) in [5.74, 6) is 0.583. The van der Waals surface area contributed by atoms with E-state index in [9.17, 15) is 0 Å². The molecule has 78 valence electrons. The van der Waals surface area contributed by atoms with Gasteiger partial charge >= 0.3 is 6.07 Å². The van der Waals surface area contributed by atoms with E-state index >= 15 is 0 Å². The van der Waals surface area contributed by atoms with Gasteiger partial charge < -0.3 is 4.74 Å². The highest BCUT2D eigenvalue weighted by molar-refractivity contribution is 6.55. The van der Waals surface area contributed by atoms with Crippen LogP contribution < -0.4 is 10.00 Å². The quantitative estimate of drug-likeness (QED) is 0.891. The van der Waals surface area contributed by atoms with E-state index in [-0.39, 0.29) is 11.1 Å². The van der Waals surface area contributed by atoms with Crippen molar-refractivity contribution in [3.8, 4) is 11.8 Å². The van der Waals surface area contributed by atoms with Crippen LogP contribution in [-0.2, 0) is 0 Å². The van der Waals surface area contributed by atoms with Crippen molar-refractivity contribution in [2.75, 3.05) is 6.61 Å². The SMILES string of the molecule is [NH+]#Cc1cc(OCC=C(Cl)Cl)ccc1Cl. The lowest BCUT2D eigenvalue weighted by Crippen LogP contribution is -2.17. The van der Waals surface area contributed by atoms with Gasteiger partial charge in [0.2, 0.25) is 0 Å². The third-order valence-corrected chi connectivity index (χ3v) is 2.20. The fourth-order valence-corrected chi connectivity index (χ4v) is 1.18. The molecule has 5 heteroatoms. The second-order valence-corrected chi connectivity index (χ2v) is 3.99. The van der Waals surface area contributed by atoms with Gasteiger partial charge in [0.1, 0.15) is 22.4 Å². The molecule has 0 saturated heterocycles. The molecule has 1 aromatic carbocycles. The Morgan fingerprint density at radius 2 is 2.20 bits per heavy atom. The third kappa shape index (κ3) is 4.01. The number of rotatable bonds is 3. The molecule has 0 radical (unpaired) electrons. The van der Waals surface area contributed by atoms with Crippen molar-refractivity contribution >= 4 is 34.8 Å². The molecule has 0 aliphatic rings. The number of ether oxygens (including phenoxy) is 1. The van der Waals surface area contributed by atoms with Crippen LogP contribution in [0.3, 0.4) is 0 Å². The summed E-state index contributed by atoms with van der Waals surface area (Å²) in [6.07, 6.45) is 1.52. The number of hydrogen-bond acceptors (Lipinski definition) is 1. The highest BCUT2D eigenvalue weighted by Crippen LogP contribution is 2.21. The van der Waals surface area contributed by atoms with Gasteiger partial charge in [0.15, 0.2) is 0 Å². The normalized spacial score (nSPS) is 9.20. The Hall–Kier alpha value is -0.880. The van der Waals surface area contributed by atoms with Crippen LogP contribution in [0.1, 0.15) is 5.56 Å². The first-order valence-electron chi connectivity index (χ1n) is 3.99. The highest BCUT2D eigenvalue weighted by Gasteiger charge is 2.04. The fourth-order valence-electron chi connectivity index (χ4n) is 0.891. The van der Waals surface area contributed by atoms with Crippen LogP contribution in [-0.4, -0.2) is 6.61 Å². The standard InChI is InChI=1S/C10H6Cl3NO/c11-9-2-1-8(5-7(9)6-14)15-4-3-10(12)13/h1-3,5H,4H2/p+1. The molecule has 0 aromatic heterocycles. The molecule has 2 nitrogen and oxygen atoms in total. The lowest BCUT2D eigenvalue weighted by molar-refractivity contribution is -0.0909. The van der Waals surface area contributed by atoms with Crippen LogP contribution in [0.4, 0.5) is 0 Å². The molecule has 1 aromatic rings. The monoisotopic (exact) mass is 262 g/mol. The van der Waals surface area contributed by atoms with Crippen LogP contribution in [0.2, 0.25) is 5.02 Å². The van der Waals surface area contributed by atoms with Gasteiger partial charge in [-0.1, -0.05) is 40.1 Å². The zero-order chi connectivity index (χ0) is 11.3. The lowest BCUT2D eigenvalue weighted by atomic mass is 10.2. The molecule has 0 fully saturated rings. The van der Waals surface area contributed by atoms with E-state index in [0.717, 1.165) is 0 Å². The molecule has 0 unspecified atom stereocenters. The number of benzene rings is 1.